The lowest BCUT2D eigenvalue weighted by molar-refractivity contribution is 0.331. The lowest BCUT2D eigenvalue weighted by Gasteiger charge is -2.16. The van der Waals surface area contributed by atoms with Gasteiger partial charge in [0.05, 0.1) is 11.9 Å². The molecule has 0 aliphatic rings. The summed E-state index contributed by atoms with van der Waals surface area (Å²) in [4.78, 5) is 2.32. The summed E-state index contributed by atoms with van der Waals surface area (Å²) in [6.45, 7) is 1.80. The van der Waals surface area contributed by atoms with E-state index < -0.39 is 0 Å². The first-order chi connectivity index (χ1) is 14.6. The number of para-hydroxylation sites is 1. The van der Waals surface area contributed by atoms with Gasteiger partial charge in [-0.1, -0.05) is 18.2 Å². The number of benzene rings is 2. The first-order valence-electron chi connectivity index (χ1n) is 10.1. The van der Waals surface area contributed by atoms with Gasteiger partial charge in [-0.05, 0) is 55.4 Å². The van der Waals surface area contributed by atoms with Crippen molar-refractivity contribution in [1.29, 1.82) is 0 Å². The van der Waals surface area contributed by atoms with Crippen LogP contribution in [0.25, 0.3) is 11.3 Å². The minimum Gasteiger partial charge on any atom is -0.457 e. The third-order valence-electron chi connectivity index (χ3n) is 4.99. The van der Waals surface area contributed by atoms with Crippen LogP contribution in [0.1, 0.15) is 11.1 Å². The maximum absolute atomic E-state index is 5.90. The molecule has 0 aliphatic heterocycles. The molecule has 0 aliphatic carbocycles. The summed E-state index contributed by atoms with van der Waals surface area (Å²) in [5, 5.41) is 8.95. The zero-order chi connectivity index (χ0) is 20.9. The number of rotatable bonds is 8. The number of hydrogen-bond acceptors (Lipinski definition) is 4. The van der Waals surface area contributed by atoms with Gasteiger partial charge < -0.3 is 9.64 Å². The summed E-state index contributed by atoms with van der Waals surface area (Å²) in [6, 6.07) is 17.9. The first kappa shape index (κ1) is 19.9. The maximum atomic E-state index is 5.90. The first-order valence-corrected chi connectivity index (χ1v) is 10.1. The van der Waals surface area contributed by atoms with E-state index in [-0.39, 0.29) is 0 Å². The minimum absolute atomic E-state index is 0.816. The standard InChI is InChI=1S/C24H27N5O/c1-27(14-13-19-15-25-28(2)16-19)17-21-18-29(3)26-24(21)20-9-11-23(12-10-20)30-22-7-5-4-6-8-22/h4-12,15-16,18H,13-14,17H2,1-3H3. The Morgan fingerprint density at radius 1 is 0.900 bits per heavy atom. The molecular weight excluding hydrogens is 374 g/mol. The molecule has 0 amide bonds. The van der Waals surface area contributed by atoms with Gasteiger partial charge in [0, 0.05) is 50.7 Å². The topological polar surface area (TPSA) is 48.1 Å². The highest BCUT2D eigenvalue weighted by atomic mass is 16.5. The van der Waals surface area contributed by atoms with E-state index >= 15 is 0 Å². The number of aryl methyl sites for hydroxylation is 2. The number of hydrogen-bond donors (Lipinski definition) is 0. The van der Waals surface area contributed by atoms with Crippen LogP contribution < -0.4 is 4.74 Å². The van der Waals surface area contributed by atoms with Crippen molar-refractivity contribution in [2.45, 2.75) is 13.0 Å². The van der Waals surface area contributed by atoms with Gasteiger partial charge in [0.1, 0.15) is 11.5 Å². The normalized spacial score (nSPS) is 11.2. The number of likely N-dealkylation sites (N-methyl/N-ethyl adjacent to an activating group) is 1. The van der Waals surface area contributed by atoms with Gasteiger partial charge in [-0.2, -0.15) is 10.2 Å². The quantitative estimate of drug-likeness (QED) is 0.442. The Balaban J connectivity index is 1.43. The van der Waals surface area contributed by atoms with E-state index in [1.807, 2.05) is 72.1 Å². The highest BCUT2D eigenvalue weighted by Gasteiger charge is 2.13. The van der Waals surface area contributed by atoms with Gasteiger partial charge in [-0.3, -0.25) is 9.36 Å². The Bertz CT molecular complexity index is 1080. The molecule has 2 aromatic carbocycles. The monoisotopic (exact) mass is 401 g/mol. The molecule has 154 valence electrons. The molecule has 6 heteroatoms. The summed E-state index contributed by atoms with van der Waals surface area (Å²) in [7, 11) is 6.06. The average Bonchev–Trinajstić information content (AvgIpc) is 3.33. The molecule has 0 N–H and O–H groups in total. The number of aromatic nitrogens is 4. The molecule has 30 heavy (non-hydrogen) atoms. The van der Waals surface area contributed by atoms with Crippen LogP contribution in [-0.4, -0.2) is 38.1 Å². The zero-order valence-corrected chi connectivity index (χ0v) is 17.7. The van der Waals surface area contributed by atoms with Gasteiger partial charge >= 0.3 is 0 Å². The Morgan fingerprint density at radius 2 is 1.63 bits per heavy atom. The maximum Gasteiger partial charge on any atom is 0.127 e. The van der Waals surface area contributed by atoms with E-state index in [1.54, 1.807) is 0 Å². The fraction of sp³-hybridized carbons (Fsp3) is 0.250. The molecule has 2 aromatic heterocycles. The summed E-state index contributed by atoms with van der Waals surface area (Å²) >= 11 is 0. The fourth-order valence-corrected chi connectivity index (χ4v) is 3.49. The Kier molecular flexibility index (Phi) is 5.95. The minimum atomic E-state index is 0.816. The van der Waals surface area contributed by atoms with E-state index in [0.29, 0.717) is 0 Å². The van der Waals surface area contributed by atoms with Crippen molar-refractivity contribution in [3.8, 4) is 22.8 Å². The molecule has 2 heterocycles. The van der Waals surface area contributed by atoms with Crippen molar-refractivity contribution in [3.63, 3.8) is 0 Å². The van der Waals surface area contributed by atoms with Crippen LogP contribution in [0, 0.1) is 0 Å². The van der Waals surface area contributed by atoms with Crippen LogP contribution in [0.3, 0.4) is 0 Å². The zero-order valence-electron chi connectivity index (χ0n) is 17.7. The van der Waals surface area contributed by atoms with Crippen molar-refractivity contribution in [3.05, 3.63) is 84.3 Å². The Labute approximate surface area is 177 Å². The molecule has 0 atom stereocenters. The van der Waals surface area contributed by atoms with Crippen molar-refractivity contribution in [2.75, 3.05) is 13.6 Å². The Morgan fingerprint density at radius 3 is 2.33 bits per heavy atom. The smallest absolute Gasteiger partial charge is 0.127 e. The second-order valence-corrected chi connectivity index (χ2v) is 7.63. The predicted molar refractivity (Wildman–Crippen MR) is 118 cm³/mol. The van der Waals surface area contributed by atoms with E-state index in [1.165, 1.54) is 11.1 Å². The van der Waals surface area contributed by atoms with Gasteiger partial charge in [0.2, 0.25) is 0 Å². The summed E-state index contributed by atoms with van der Waals surface area (Å²) < 4.78 is 9.63. The molecule has 0 saturated heterocycles. The van der Waals surface area contributed by atoms with Crippen molar-refractivity contribution < 1.29 is 4.74 Å². The molecule has 0 spiro atoms. The van der Waals surface area contributed by atoms with Crippen LogP contribution in [0.2, 0.25) is 0 Å². The molecule has 4 rings (SSSR count). The summed E-state index contributed by atoms with van der Waals surface area (Å²) in [5.74, 6) is 1.65. The van der Waals surface area contributed by atoms with Crippen molar-refractivity contribution >= 4 is 0 Å². The lowest BCUT2D eigenvalue weighted by atomic mass is 10.1. The van der Waals surface area contributed by atoms with Crippen LogP contribution in [0.15, 0.2) is 73.2 Å². The molecule has 0 saturated carbocycles. The van der Waals surface area contributed by atoms with E-state index in [9.17, 15) is 0 Å². The van der Waals surface area contributed by atoms with Gasteiger partial charge in [0.25, 0.3) is 0 Å². The van der Waals surface area contributed by atoms with Crippen molar-refractivity contribution in [2.24, 2.45) is 14.1 Å². The van der Waals surface area contributed by atoms with E-state index in [2.05, 4.69) is 41.6 Å². The molecule has 0 bridgehead atoms. The Hall–Kier alpha value is -3.38. The predicted octanol–water partition coefficient (Wildman–Crippen LogP) is 4.29. The van der Waals surface area contributed by atoms with E-state index in [0.717, 1.165) is 42.3 Å². The second kappa shape index (κ2) is 8.97. The largest absolute Gasteiger partial charge is 0.457 e. The molecule has 0 fully saturated rings. The van der Waals surface area contributed by atoms with Crippen LogP contribution in [-0.2, 0) is 27.1 Å². The molecule has 6 nitrogen and oxygen atoms in total. The summed E-state index contributed by atoms with van der Waals surface area (Å²) in [6.07, 6.45) is 7.08. The summed E-state index contributed by atoms with van der Waals surface area (Å²) in [5.41, 5.74) is 4.57. The van der Waals surface area contributed by atoms with Crippen LogP contribution in [0.5, 0.6) is 11.5 Å². The average molecular weight is 402 g/mol. The third-order valence-corrected chi connectivity index (χ3v) is 4.99. The van der Waals surface area contributed by atoms with Gasteiger partial charge in [0.15, 0.2) is 0 Å². The number of ether oxygens (including phenoxy) is 1. The second-order valence-electron chi connectivity index (χ2n) is 7.63. The highest BCUT2D eigenvalue weighted by Crippen LogP contribution is 2.27. The lowest BCUT2D eigenvalue weighted by Crippen LogP contribution is -2.20. The van der Waals surface area contributed by atoms with Crippen LogP contribution in [0.4, 0.5) is 0 Å². The molecule has 4 aromatic rings. The van der Waals surface area contributed by atoms with Crippen LogP contribution >= 0.6 is 0 Å². The van der Waals surface area contributed by atoms with Crippen molar-refractivity contribution in [1.82, 2.24) is 24.5 Å². The van der Waals surface area contributed by atoms with Gasteiger partial charge in [-0.15, -0.1) is 0 Å². The number of nitrogens with zero attached hydrogens (tertiary/aromatic N) is 5. The fourth-order valence-electron chi connectivity index (χ4n) is 3.49. The molecule has 0 unspecified atom stereocenters. The van der Waals surface area contributed by atoms with Gasteiger partial charge in [-0.25, -0.2) is 0 Å². The highest BCUT2D eigenvalue weighted by molar-refractivity contribution is 5.63. The SMILES string of the molecule is CN(CCc1cnn(C)c1)Cc1cn(C)nc1-c1ccc(Oc2ccccc2)cc1. The third kappa shape index (κ3) is 4.96. The molecule has 0 radical (unpaired) electrons. The van der Waals surface area contributed by atoms with E-state index in [4.69, 9.17) is 9.84 Å². The molecular formula is C24H27N5O.